The average molecular weight is 453 g/mol. The molecule has 1 N–H and O–H groups in total. The Kier molecular flexibility index (Phi) is 5.56. The van der Waals surface area contributed by atoms with Crippen molar-refractivity contribution in [2.75, 3.05) is 0 Å². The van der Waals surface area contributed by atoms with Gasteiger partial charge in [0.15, 0.2) is 5.76 Å². The van der Waals surface area contributed by atoms with Gasteiger partial charge in [-0.1, -0.05) is 29.4 Å². The maximum atomic E-state index is 12.3. The molecule has 0 unspecified atom stereocenters. The summed E-state index contributed by atoms with van der Waals surface area (Å²) < 4.78 is 6.96. The van der Waals surface area contributed by atoms with Crippen LogP contribution in [0.2, 0.25) is 0 Å². The largest absolute Gasteiger partial charge is 0.354 e. The first-order valence-electron chi connectivity index (χ1n) is 11.2. The van der Waals surface area contributed by atoms with Gasteiger partial charge in [-0.15, -0.1) is 0 Å². The highest BCUT2D eigenvalue weighted by Gasteiger charge is 2.21. The molecule has 1 fully saturated rings. The van der Waals surface area contributed by atoms with Crippen LogP contribution in [0.15, 0.2) is 70.4 Å². The van der Waals surface area contributed by atoms with Crippen molar-refractivity contribution in [2.24, 2.45) is 0 Å². The molecule has 3 aromatic heterocycles. The predicted molar refractivity (Wildman–Crippen MR) is 127 cm³/mol. The lowest BCUT2D eigenvalue weighted by Crippen LogP contribution is -2.34. The highest BCUT2D eigenvalue weighted by molar-refractivity contribution is 5.66. The standard InChI is InChI=1S/C26H24N6O2/c1-26(2,16-27)32-15-19(7-10-25(32)33)22-13-28-14-23(30-22)24-11-21(31-34-24)18-5-3-17(4-6-18)12-29-20-8-9-20/h3-7,10-11,13-15,20,29H,8-9,12H2,1-2H3. The van der Waals surface area contributed by atoms with Gasteiger partial charge in [-0.3, -0.25) is 14.3 Å². The highest BCUT2D eigenvalue weighted by Crippen LogP contribution is 2.27. The number of rotatable bonds is 7. The second kappa shape index (κ2) is 8.69. The van der Waals surface area contributed by atoms with Crippen molar-refractivity contribution in [1.82, 2.24) is 25.0 Å². The predicted octanol–water partition coefficient (Wildman–Crippen LogP) is 4.14. The van der Waals surface area contributed by atoms with Crippen LogP contribution < -0.4 is 10.9 Å². The first-order chi connectivity index (χ1) is 16.4. The topological polar surface area (TPSA) is 110 Å². The maximum absolute atomic E-state index is 12.3. The van der Waals surface area contributed by atoms with Crippen LogP contribution in [0.3, 0.4) is 0 Å². The van der Waals surface area contributed by atoms with Crippen LogP contribution >= 0.6 is 0 Å². The van der Waals surface area contributed by atoms with E-state index in [9.17, 15) is 10.1 Å². The second-order valence-corrected chi connectivity index (χ2v) is 9.01. The zero-order valence-electron chi connectivity index (χ0n) is 19.0. The van der Waals surface area contributed by atoms with E-state index in [0.717, 1.165) is 12.1 Å². The van der Waals surface area contributed by atoms with Gasteiger partial charge in [-0.2, -0.15) is 5.26 Å². The minimum absolute atomic E-state index is 0.256. The van der Waals surface area contributed by atoms with Gasteiger partial charge in [-0.05, 0) is 38.3 Å². The van der Waals surface area contributed by atoms with Crippen LogP contribution in [-0.2, 0) is 12.1 Å². The van der Waals surface area contributed by atoms with Crippen molar-refractivity contribution in [3.8, 4) is 40.0 Å². The SMILES string of the molecule is CC(C)(C#N)n1cc(-c2cncc(-c3cc(-c4ccc(CNC5CC5)cc4)no3)n2)ccc1=O. The number of nitrogens with one attached hydrogen (secondary N) is 1. The number of aromatic nitrogens is 4. The summed E-state index contributed by atoms with van der Waals surface area (Å²) in [6.45, 7) is 4.25. The summed E-state index contributed by atoms with van der Waals surface area (Å²) in [6, 6.07) is 16.0. The lowest BCUT2D eigenvalue weighted by atomic mass is 10.1. The number of hydrogen-bond donors (Lipinski definition) is 1. The molecule has 3 heterocycles. The normalized spacial score (nSPS) is 13.6. The summed E-state index contributed by atoms with van der Waals surface area (Å²) >= 11 is 0. The molecule has 170 valence electrons. The third-order valence-corrected chi connectivity index (χ3v) is 5.90. The van der Waals surface area contributed by atoms with Gasteiger partial charge < -0.3 is 9.84 Å². The van der Waals surface area contributed by atoms with Crippen molar-refractivity contribution in [3.05, 3.63) is 77.0 Å². The minimum Gasteiger partial charge on any atom is -0.354 e. The maximum Gasteiger partial charge on any atom is 0.251 e. The Hall–Kier alpha value is -4.09. The van der Waals surface area contributed by atoms with Crippen molar-refractivity contribution in [1.29, 1.82) is 5.26 Å². The van der Waals surface area contributed by atoms with Crippen LogP contribution in [0.25, 0.3) is 34.0 Å². The van der Waals surface area contributed by atoms with E-state index in [1.807, 2.05) is 18.2 Å². The molecule has 34 heavy (non-hydrogen) atoms. The summed E-state index contributed by atoms with van der Waals surface area (Å²) in [4.78, 5) is 21.2. The van der Waals surface area contributed by atoms with E-state index in [4.69, 9.17) is 4.52 Å². The van der Waals surface area contributed by atoms with Gasteiger partial charge in [0.2, 0.25) is 0 Å². The quantitative estimate of drug-likeness (QED) is 0.449. The number of nitriles is 1. The molecule has 1 aromatic carbocycles. The van der Waals surface area contributed by atoms with E-state index in [1.165, 1.54) is 29.0 Å². The van der Waals surface area contributed by atoms with Gasteiger partial charge in [-0.25, -0.2) is 4.98 Å². The smallest absolute Gasteiger partial charge is 0.251 e. The highest BCUT2D eigenvalue weighted by atomic mass is 16.5. The van der Waals surface area contributed by atoms with Crippen molar-refractivity contribution in [2.45, 2.75) is 44.8 Å². The molecule has 1 saturated carbocycles. The van der Waals surface area contributed by atoms with Crippen LogP contribution in [0, 0.1) is 11.3 Å². The first-order valence-corrected chi connectivity index (χ1v) is 11.2. The molecule has 1 aliphatic carbocycles. The van der Waals surface area contributed by atoms with E-state index in [-0.39, 0.29) is 5.56 Å². The van der Waals surface area contributed by atoms with Crippen LogP contribution in [0.1, 0.15) is 32.3 Å². The van der Waals surface area contributed by atoms with E-state index in [1.54, 1.807) is 38.5 Å². The summed E-state index contributed by atoms with van der Waals surface area (Å²) in [6.07, 6.45) is 7.39. The second-order valence-electron chi connectivity index (χ2n) is 9.01. The monoisotopic (exact) mass is 452 g/mol. The molecular weight excluding hydrogens is 428 g/mol. The molecule has 4 aromatic rings. The van der Waals surface area contributed by atoms with Gasteiger partial charge in [0, 0.05) is 42.0 Å². The Morgan fingerprint density at radius 2 is 1.82 bits per heavy atom. The van der Waals surface area contributed by atoms with Crippen LogP contribution in [0.5, 0.6) is 0 Å². The molecular formula is C26H24N6O2. The lowest BCUT2D eigenvalue weighted by molar-refractivity contribution is 0.433. The Bertz CT molecular complexity index is 1420. The summed E-state index contributed by atoms with van der Waals surface area (Å²) in [7, 11) is 0. The van der Waals surface area contributed by atoms with Crippen LogP contribution in [0.4, 0.5) is 0 Å². The fraction of sp³-hybridized carbons (Fsp3) is 0.269. The number of benzene rings is 1. The average Bonchev–Trinajstić information content (AvgIpc) is 3.56. The molecule has 8 nitrogen and oxygen atoms in total. The fourth-order valence-corrected chi connectivity index (χ4v) is 3.63. The van der Waals surface area contributed by atoms with Gasteiger partial charge in [0.05, 0.1) is 24.2 Å². The Balaban J connectivity index is 1.39. The van der Waals surface area contributed by atoms with Crippen LogP contribution in [-0.4, -0.2) is 25.7 Å². The van der Waals surface area contributed by atoms with E-state index in [0.29, 0.717) is 34.4 Å². The number of hydrogen-bond acceptors (Lipinski definition) is 7. The Labute approximate surface area is 196 Å². The molecule has 0 aliphatic heterocycles. The van der Waals surface area contributed by atoms with Gasteiger partial charge in [0.25, 0.3) is 5.56 Å². The van der Waals surface area contributed by atoms with Crippen molar-refractivity contribution >= 4 is 0 Å². The van der Waals surface area contributed by atoms with E-state index < -0.39 is 5.54 Å². The summed E-state index contributed by atoms with van der Waals surface area (Å²) in [5.74, 6) is 0.495. The molecule has 8 heteroatoms. The Morgan fingerprint density at radius 3 is 2.56 bits per heavy atom. The van der Waals surface area contributed by atoms with Gasteiger partial charge >= 0.3 is 0 Å². The number of pyridine rings is 1. The third-order valence-electron chi connectivity index (χ3n) is 5.90. The number of nitrogens with zero attached hydrogens (tertiary/aromatic N) is 5. The lowest BCUT2D eigenvalue weighted by Gasteiger charge is -2.19. The van der Waals surface area contributed by atoms with Crippen molar-refractivity contribution < 1.29 is 4.52 Å². The summed E-state index contributed by atoms with van der Waals surface area (Å²) in [5, 5.41) is 17.1. The molecule has 0 spiro atoms. The molecule has 0 bridgehead atoms. The van der Waals surface area contributed by atoms with E-state index in [2.05, 4.69) is 38.6 Å². The molecule has 0 atom stereocenters. The van der Waals surface area contributed by atoms with Gasteiger partial charge in [0.1, 0.15) is 16.9 Å². The summed E-state index contributed by atoms with van der Waals surface area (Å²) in [5.41, 5.74) is 3.43. The third kappa shape index (κ3) is 4.51. The zero-order valence-corrected chi connectivity index (χ0v) is 19.0. The first kappa shape index (κ1) is 21.7. The molecule has 5 rings (SSSR count). The Morgan fingerprint density at radius 1 is 1.09 bits per heavy atom. The fourth-order valence-electron chi connectivity index (χ4n) is 3.63. The van der Waals surface area contributed by atoms with Crippen molar-refractivity contribution in [3.63, 3.8) is 0 Å². The molecule has 0 amide bonds. The molecule has 0 saturated heterocycles. The minimum atomic E-state index is -0.985. The van der Waals surface area contributed by atoms with E-state index >= 15 is 0 Å². The zero-order chi connectivity index (χ0) is 23.7. The molecule has 0 radical (unpaired) electrons. The molecule has 1 aliphatic rings.